The van der Waals surface area contributed by atoms with Gasteiger partial charge in [-0.25, -0.2) is 4.98 Å². The van der Waals surface area contributed by atoms with Gasteiger partial charge < -0.3 is 4.57 Å². The molecule has 2 heterocycles. The first-order valence-corrected chi connectivity index (χ1v) is 6.77. The van der Waals surface area contributed by atoms with Gasteiger partial charge in [-0.1, -0.05) is 12.8 Å². The number of imidazole rings is 1. The molecule has 3 nitrogen and oxygen atoms in total. The average Bonchev–Trinajstić information content (AvgIpc) is 2.98. The maximum atomic E-state index is 5.99. The fourth-order valence-electron chi connectivity index (χ4n) is 2.79. The Morgan fingerprint density at radius 3 is 2.94 bits per heavy atom. The van der Waals surface area contributed by atoms with E-state index in [0.717, 1.165) is 23.8 Å². The van der Waals surface area contributed by atoms with Crippen molar-refractivity contribution in [2.45, 2.75) is 38.1 Å². The number of aromatic nitrogens is 3. The molecule has 0 aromatic carbocycles. The highest BCUT2D eigenvalue weighted by Crippen LogP contribution is 2.28. The summed E-state index contributed by atoms with van der Waals surface area (Å²) in [6.45, 7) is 1.06. The van der Waals surface area contributed by atoms with E-state index in [2.05, 4.69) is 14.5 Å². The lowest BCUT2D eigenvalue weighted by molar-refractivity contribution is 0.457. The lowest BCUT2D eigenvalue weighted by Gasteiger charge is -2.13. The molecule has 0 aliphatic heterocycles. The van der Waals surface area contributed by atoms with Gasteiger partial charge in [0.1, 0.15) is 11.3 Å². The Morgan fingerprint density at radius 1 is 1.35 bits per heavy atom. The van der Waals surface area contributed by atoms with E-state index in [1.807, 2.05) is 18.5 Å². The monoisotopic (exact) mass is 249 g/mol. The van der Waals surface area contributed by atoms with Crippen LogP contribution in [0.5, 0.6) is 0 Å². The van der Waals surface area contributed by atoms with E-state index in [1.165, 1.54) is 31.2 Å². The van der Waals surface area contributed by atoms with Gasteiger partial charge in [-0.2, -0.15) is 0 Å². The molecule has 17 heavy (non-hydrogen) atoms. The zero-order chi connectivity index (χ0) is 11.7. The van der Waals surface area contributed by atoms with E-state index in [4.69, 9.17) is 11.6 Å². The van der Waals surface area contributed by atoms with Crippen LogP contribution in [-0.4, -0.2) is 14.5 Å². The number of hydrogen-bond acceptors (Lipinski definition) is 2. The third kappa shape index (κ3) is 2.04. The van der Waals surface area contributed by atoms with Crippen LogP contribution in [0.2, 0.25) is 0 Å². The standard InChI is InChI=1S/C13H16ClN3/c14-7-13-16-11-8-15-6-5-12(11)17(13)9-10-3-1-2-4-10/h5-6,8,10H,1-4,7,9H2. The number of pyridine rings is 1. The largest absolute Gasteiger partial charge is 0.327 e. The maximum absolute atomic E-state index is 5.99. The minimum Gasteiger partial charge on any atom is -0.327 e. The van der Waals surface area contributed by atoms with Crippen molar-refractivity contribution in [1.29, 1.82) is 0 Å². The molecule has 3 rings (SSSR count). The molecule has 2 aromatic heterocycles. The summed E-state index contributed by atoms with van der Waals surface area (Å²) < 4.78 is 2.28. The fourth-order valence-corrected chi connectivity index (χ4v) is 2.99. The summed E-state index contributed by atoms with van der Waals surface area (Å²) in [5.41, 5.74) is 2.13. The molecule has 2 aromatic rings. The van der Waals surface area contributed by atoms with Crippen molar-refractivity contribution in [2.24, 2.45) is 5.92 Å². The van der Waals surface area contributed by atoms with Crippen LogP contribution in [0.15, 0.2) is 18.5 Å². The Bertz CT molecular complexity index is 514. The van der Waals surface area contributed by atoms with Gasteiger partial charge in [0.05, 0.1) is 17.6 Å². The molecule has 0 unspecified atom stereocenters. The number of nitrogens with zero attached hydrogens (tertiary/aromatic N) is 3. The molecular weight excluding hydrogens is 234 g/mol. The number of rotatable bonds is 3. The van der Waals surface area contributed by atoms with Crippen molar-refractivity contribution in [1.82, 2.24) is 14.5 Å². The van der Waals surface area contributed by atoms with Gasteiger partial charge in [0.2, 0.25) is 0 Å². The van der Waals surface area contributed by atoms with E-state index in [9.17, 15) is 0 Å². The SMILES string of the molecule is ClCc1nc2cnccc2n1CC1CCCC1. The second-order valence-corrected chi connectivity index (χ2v) is 5.05. The normalized spacial score (nSPS) is 17.0. The summed E-state index contributed by atoms with van der Waals surface area (Å²) >= 11 is 5.99. The molecular formula is C13H16ClN3. The van der Waals surface area contributed by atoms with E-state index in [0.29, 0.717) is 5.88 Å². The molecule has 0 spiro atoms. The summed E-state index contributed by atoms with van der Waals surface area (Å²) in [5, 5.41) is 0. The quantitative estimate of drug-likeness (QED) is 0.781. The smallest absolute Gasteiger partial charge is 0.124 e. The lowest BCUT2D eigenvalue weighted by atomic mass is 10.1. The average molecular weight is 250 g/mol. The molecule has 0 radical (unpaired) electrons. The van der Waals surface area contributed by atoms with Crippen molar-refractivity contribution in [3.05, 3.63) is 24.3 Å². The summed E-state index contributed by atoms with van der Waals surface area (Å²) in [5.74, 6) is 2.24. The van der Waals surface area contributed by atoms with Crippen LogP contribution in [-0.2, 0) is 12.4 Å². The van der Waals surface area contributed by atoms with Crippen molar-refractivity contribution in [2.75, 3.05) is 0 Å². The number of halogens is 1. The van der Waals surface area contributed by atoms with Crippen LogP contribution >= 0.6 is 11.6 Å². The molecule has 1 aliphatic rings. The Hall–Kier alpha value is -1.09. The second-order valence-electron chi connectivity index (χ2n) is 4.79. The van der Waals surface area contributed by atoms with Gasteiger partial charge in [0.25, 0.3) is 0 Å². The van der Waals surface area contributed by atoms with Crippen molar-refractivity contribution < 1.29 is 0 Å². The minimum absolute atomic E-state index is 0.474. The van der Waals surface area contributed by atoms with Crippen molar-refractivity contribution in [3.63, 3.8) is 0 Å². The highest BCUT2D eigenvalue weighted by molar-refractivity contribution is 6.16. The van der Waals surface area contributed by atoms with Crippen LogP contribution in [0.4, 0.5) is 0 Å². The number of alkyl halides is 1. The molecule has 0 amide bonds. The second kappa shape index (κ2) is 4.65. The Labute approximate surface area is 106 Å². The zero-order valence-electron chi connectivity index (χ0n) is 9.77. The molecule has 4 heteroatoms. The molecule has 0 saturated heterocycles. The fraction of sp³-hybridized carbons (Fsp3) is 0.538. The Morgan fingerprint density at radius 2 is 2.18 bits per heavy atom. The Balaban J connectivity index is 1.99. The first-order chi connectivity index (χ1) is 8.38. The molecule has 90 valence electrons. The molecule has 1 aliphatic carbocycles. The van der Waals surface area contributed by atoms with Gasteiger partial charge in [-0.05, 0) is 24.8 Å². The third-order valence-corrected chi connectivity index (χ3v) is 3.90. The summed E-state index contributed by atoms with van der Waals surface area (Å²) in [4.78, 5) is 8.66. The van der Waals surface area contributed by atoms with Gasteiger partial charge in [0.15, 0.2) is 0 Å². The van der Waals surface area contributed by atoms with Crippen LogP contribution in [0.1, 0.15) is 31.5 Å². The predicted octanol–water partition coefficient (Wildman–Crippen LogP) is 3.36. The van der Waals surface area contributed by atoms with Gasteiger partial charge in [-0.3, -0.25) is 4.98 Å². The summed E-state index contributed by atoms with van der Waals surface area (Å²) in [6.07, 6.45) is 9.06. The first-order valence-electron chi connectivity index (χ1n) is 6.23. The predicted molar refractivity (Wildman–Crippen MR) is 69.0 cm³/mol. The molecule has 0 bridgehead atoms. The summed E-state index contributed by atoms with van der Waals surface area (Å²) in [6, 6.07) is 2.04. The van der Waals surface area contributed by atoms with Gasteiger partial charge in [0, 0.05) is 12.7 Å². The van der Waals surface area contributed by atoms with E-state index in [-0.39, 0.29) is 0 Å². The number of fused-ring (bicyclic) bond motifs is 1. The Kier molecular flexibility index (Phi) is 3.02. The van der Waals surface area contributed by atoms with Gasteiger partial charge in [-0.15, -0.1) is 11.6 Å². The molecule has 1 fully saturated rings. The zero-order valence-corrected chi connectivity index (χ0v) is 10.5. The first kappa shape index (κ1) is 11.0. The molecule has 1 saturated carbocycles. The lowest BCUT2D eigenvalue weighted by Crippen LogP contribution is -2.09. The minimum atomic E-state index is 0.474. The van der Waals surface area contributed by atoms with Gasteiger partial charge >= 0.3 is 0 Å². The van der Waals surface area contributed by atoms with Crippen LogP contribution in [0.25, 0.3) is 11.0 Å². The number of hydrogen-bond donors (Lipinski definition) is 0. The van der Waals surface area contributed by atoms with E-state index < -0.39 is 0 Å². The molecule has 0 atom stereocenters. The van der Waals surface area contributed by atoms with Crippen molar-refractivity contribution >= 4 is 22.6 Å². The van der Waals surface area contributed by atoms with Crippen LogP contribution < -0.4 is 0 Å². The highest BCUT2D eigenvalue weighted by Gasteiger charge is 2.18. The molecule has 0 N–H and O–H groups in total. The third-order valence-electron chi connectivity index (χ3n) is 3.66. The van der Waals surface area contributed by atoms with E-state index >= 15 is 0 Å². The van der Waals surface area contributed by atoms with E-state index in [1.54, 1.807) is 0 Å². The van der Waals surface area contributed by atoms with Crippen LogP contribution in [0, 0.1) is 5.92 Å². The maximum Gasteiger partial charge on any atom is 0.124 e. The van der Waals surface area contributed by atoms with Crippen LogP contribution in [0.3, 0.4) is 0 Å². The highest BCUT2D eigenvalue weighted by atomic mass is 35.5. The topological polar surface area (TPSA) is 30.7 Å². The summed E-state index contributed by atoms with van der Waals surface area (Å²) in [7, 11) is 0. The van der Waals surface area contributed by atoms with Crippen molar-refractivity contribution in [3.8, 4) is 0 Å².